The Kier molecular flexibility index (Phi) is 4.13. The maximum absolute atomic E-state index is 11.4. The maximum Gasteiger partial charge on any atom is 0.220 e. The zero-order valence-electron chi connectivity index (χ0n) is 9.32. The molecule has 1 rings (SSSR count). The first-order valence-corrected chi connectivity index (χ1v) is 7.21. The Morgan fingerprint density at radius 1 is 1.47 bits per heavy atom. The molecule has 0 saturated carbocycles. The number of rotatable bonds is 4. The summed E-state index contributed by atoms with van der Waals surface area (Å²) in [6, 6.07) is -0.158. The fourth-order valence-electron chi connectivity index (χ4n) is 1.63. The summed E-state index contributed by atoms with van der Waals surface area (Å²) >= 11 is 0. The van der Waals surface area contributed by atoms with E-state index in [-0.39, 0.29) is 23.5 Å². The van der Waals surface area contributed by atoms with Gasteiger partial charge in [0.1, 0.15) is 0 Å². The SMILES string of the molecule is CC(C)CCC(=O)NC1CCS(=O)(=O)C1. The van der Waals surface area contributed by atoms with E-state index in [4.69, 9.17) is 0 Å². The van der Waals surface area contributed by atoms with Crippen molar-refractivity contribution in [3.05, 3.63) is 0 Å². The van der Waals surface area contributed by atoms with Crippen molar-refractivity contribution >= 4 is 15.7 Å². The highest BCUT2D eigenvalue weighted by atomic mass is 32.2. The Hall–Kier alpha value is -0.580. The first-order valence-electron chi connectivity index (χ1n) is 5.39. The van der Waals surface area contributed by atoms with Crippen molar-refractivity contribution < 1.29 is 13.2 Å². The molecule has 5 heteroatoms. The largest absolute Gasteiger partial charge is 0.352 e. The standard InChI is InChI=1S/C10H19NO3S/c1-8(2)3-4-10(12)11-9-5-6-15(13,14)7-9/h8-9H,3-7H2,1-2H3,(H,11,12). The number of nitrogens with one attached hydrogen (secondary N) is 1. The average molecular weight is 233 g/mol. The Labute approximate surface area is 91.4 Å². The van der Waals surface area contributed by atoms with Crippen LogP contribution in [0.25, 0.3) is 0 Å². The fraction of sp³-hybridized carbons (Fsp3) is 0.900. The Morgan fingerprint density at radius 3 is 2.60 bits per heavy atom. The molecule has 0 spiro atoms. The smallest absolute Gasteiger partial charge is 0.220 e. The number of carbonyl (C=O) groups is 1. The molecule has 1 atom stereocenters. The zero-order chi connectivity index (χ0) is 11.5. The summed E-state index contributed by atoms with van der Waals surface area (Å²) in [7, 11) is -2.89. The van der Waals surface area contributed by atoms with Crippen LogP contribution in [0.3, 0.4) is 0 Å². The minimum Gasteiger partial charge on any atom is -0.352 e. The van der Waals surface area contributed by atoms with Gasteiger partial charge in [0.2, 0.25) is 5.91 Å². The molecule has 4 nitrogen and oxygen atoms in total. The minimum absolute atomic E-state index is 0.0224. The lowest BCUT2D eigenvalue weighted by Gasteiger charge is -2.11. The van der Waals surface area contributed by atoms with Gasteiger partial charge in [-0.25, -0.2) is 8.42 Å². The monoisotopic (exact) mass is 233 g/mol. The van der Waals surface area contributed by atoms with Crippen LogP contribution in [0.2, 0.25) is 0 Å². The van der Waals surface area contributed by atoms with Gasteiger partial charge in [0.25, 0.3) is 0 Å². The molecule has 0 radical (unpaired) electrons. The second kappa shape index (κ2) is 4.96. The normalized spacial score (nSPS) is 24.3. The predicted octanol–water partition coefficient (Wildman–Crippen LogP) is 0.726. The van der Waals surface area contributed by atoms with E-state index < -0.39 is 9.84 Å². The Morgan fingerprint density at radius 2 is 2.13 bits per heavy atom. The summed E-state index contributed by atoms with van der Waals surface area (Å²) in [6.45, 7) is 4.13. The Balaban J connectivity index is 2.28. The number of hydrogen-bond acceptors (Lipinski definition) is 3. The van der Waals surface area contributed by atoms with E-state index in [1.165, 1.54) is 0 Å². The van der Waals surface area contributed by atoms with Gasteiger partial charge in [-0.3, -0.25) is 4.79 Å². The fourth-order valence-corrected chi connectivity index (χ4v) is 3.30. The van der Waals surface area contributed by atoms with Crippen LogP contribution in [0.4, 0.5) is 0 Å². The van der Waals surface area contributed by atoms with Gasteiger partial charge >= 0.3 is 0 Å². The lowest BCUT2D eigenvalue weighted by atomic mass is 10.1. The van der Waals surface area contributed by atoms with Gasteiger partial charge in [-0.15, -0.1) is 0 Å². The molecular formula is C10H19NO3S. The molecule has 1 saturated heterocycles. The van der Waals surface area contributed by atoms with Crippen LogP contribution in [0, 0.1) is 5.92 Å². The van der Waals surface area contributed by atoms with Crippen LogP contribution in [0.15, 0.2) is 0 Å². The molecule has 1 fully saturated rings. The van der Waals surface area contributed by atoms with Gasteiger partial charge in [0, 0.05) is 12.5 Å². The lowest BCUT2D eigenvalue weighted by Crippen LogP contribution is -2.35. The zero-order valence-corrected chi connectivity index (χ0v) is 10.1. The van der Waals surface area contributed by atoms with Crippen LogP contribution < -0.4 is 5.32 Å². The third kappa shape index (κ3) is 4.64. The highest BCUT2D eigenvalue weighted by molar-refractivity contribution is 7.91. The van der Waals surface area contributed by atoms with Crippen LogP contribution >= 0.6 is 0 Å². The van der Waals surface area contributed by atoms with Gasteiger partial charge in [0.15, 0.2) is 9.84 Å². The topological polar surface area (TPSA) is 63.2 Å². The molecule has 0 aromatic heterocycles. The number of amides is 1. The third-order valence-electron chi connectivity index (χ3n) is 2.55. The third-order valence-corrected chi connectivity index (χ3v) is 4.31. The molecule has 1 amide bonds. The quantitative estimate of drug-likeness (QED) is 0.778. The van der Waals surface area contributed by atoms with Gasteiger partial charge in [-0.05, 0) is 18.8 Å². The molecule has 1 N–H and O–H groups in total. The highest BCUT2D eigenvalue weighted by Crippen LogP contribution is 2.12. The first kappa shape index (κ1) is 12.5. The highest BCUT2D eigenvalue weighted by Gasteiger charge is 2.28. The van der Waals surface area contributed by atoms with E-state index in [0.29, 0.717) is 18.8 Å². The molecular weight excluding hydrogens is 214 g/mol. The molecule has 88 valence electrons. The molecule has 0 aromatic carbocycles. The van der Waals surface area contributed by atoms with Crippen molar-refractivity contribution in [2.24, 2.45) is 5.92 Å². The second-order valence-electron chi connectivity index (χ2n) is 4.60. The average Bonchev–Trinajstić information content (AvgIpc) is 2.42. The molecule has 1 aliphatic heterocycles. The maximum atomic E-state index is 11.4. The van der Waals surface area contributed by atoms with Gasteiger partial charge in [0.05, 0.1) is 11.5 Å². The number of carbonyl (C=O) groups excluding carboxylic acids is 1. The van der Waals surface area contributed by atoms with E-state index >= 15 is 0 Å². The van der Waals surface area contributed by atoms with Gasteiger partial charge < -0.3 is 5.32 Å². The van der Waals surface area contributed by atoms with Crippen molar-refractivity contribution in [2.75, 3.05) is 11.5 Å². The summed E-state index contributed by atoms with van der Waals surface area (Å²) in [5, 5.41) is 2.77. The molecule has 1 unspecified atom stereocenters. The Bertz CT molecular complexity index is 322. The molecule has 0 aromatic rings. The summed E-state index contributed by atoms with van der Waals surface area (Å²) in [6.07, 6.45) is 1.91. The summed E-state index contributed by atoms with van der Waals surface area (Å²) in [5.74, 6) is 0.802. The second-order valence-corrected chi connectivity index (χ2v) is 6.83. The van der Waals surface area contributed by atoms with Gasteiger partial charge in [-0.1, -0.05) is 13.8 Å². The summed E-state index contributed by atoms with van der Waals surface area (Å²) in [4.78, 5) is 11.4. The van der Waals surface area contributed by atoms with E-state index in [1.807, 2.05) is 0 Å². The van der Waals surface area contributed by atoms with Crippen LogP contribution in [0.5, 0.6) is 0 Å². The van der Waals surface area contributed by atoms with Crippen LogP contribution in [0.1, 0.15) is 33.1 Å². The van der Waals surface area contributed by atoms with Crippen molar-refractivity contribution in [1.82, 2.24) is 5.32 Å². The van der Waals surface area contributed by atoms with E-state index in [1.54, 1.807) is 0 Å². The number of hydrogen-bond donors (Lipinski definition) is 1. The number of sulfone groups is 1. The van der Waals surface area contributed by atoms with E-state index in [2.05, 4.69) is 19.2 Å². The molecule has 0 bridgehead atoms. The molecule has 1 heterocycles. The van der Waals surface area contributed by atoms with E-state index in [0.717, 1.165) is 6.42 Å². The van der Waals surface area contributed by atoms with Crippen molar-refractivity contribution in [1.29, 1.82) is 0 Å². The van der Waals surface area contributed by atoms with Crippen LogP contribution in [-0.2, 0) is 14.6 Å². The van der Waals surface area contributed by atoms with Crippen molar-refractivity contribution in [3.8, 4) is 0 Å². The summed E-state index contributed by atoms with van der Waals surface area (Å²) in [5.41, 5.74) is 0. The summed E-state index contributed by atoms with van der Waals surface area (Å²) < 4.78 is 22.3. The van der Waals surface area contributed by atoms with Crippen molar-refractivity contribution in [2.45, 2.75) is 39.2 Å². The lowest BCUT2D eigenvalue weighted by molar-refractivity contribution is -0.121. The van der Waals surface area contributed by atoms with Crippen LogP contribution in [-0.4, -0.2) is 31.9 Å². The minimum atomic E-state index is -2.89. The van der Waals surface area contributed by atoms with Gasteiger partial charge in [-0.2, -0.15) is 0 Å². The molecule has 1 aliphatic rings. The molecule has 15 heavy (non-hydrogen) atoms. The first-order chi connectivity index (χ1) is 6.89. The predicted molar refractivity (Wildman–Crippen MR) is 59.3 cm³/mol. The molecule has 0 aliphatic carbocycles. The van der Waals surface area contributed by atoms with E-state index in [9.17, 15) is 13.2 Å². The van der Waals surface area contributed by atoms with Crippen molar-refractivity contribution in [3.63, 3.8) is 0 Å².